The monoisotopic (exact) mass is 435 g/mol. The summed E-state index contributed by atoms with van der Waals surface area (Å²) in [6, 6.07) is 18.5. The number of carboxylic acids is 1. The third-order valence-electron chi connectivity index (χ3n) is 5.28. The molecule has 1 aliphatic heterocycles. The number of aryl methyl sites for hydroxylation is 1. The lowest BCUT2D eigenvalue weighted by Gasteiger charge is -2.31. The Morgan fingerprint density at radius 1 is 1.06 bits per heavy atom. The normalized spacial score (nSPS) is 14.8. The van der Waals surface area contributed by atoms with Gasteiger partial charge in [0.2, 0.25) is 0 Å². The molecule has 32 heavy (non-hydrogen) atoms. The quantitative estimate of drug-likeness (QED) is 0.467. The second-order valence-electron chi connectivity index (χ2n) is 7.59. The summed E-state index contributed by atoms with van der Waals surface area (Å²) in [5, 5.41) is 13.9. The molecule has 0 atom stereocenters. The van der Waals surface area contributed by atoms with Crippen molar-refractivity contribution >= 4 is 22.8 Å². The topological polar surface area (TPSA) is 84.7 Å². The SMILES string of the molecule is CCn1ncc2ccccc21.O=C(O)/C=C\C(=O)OC1CCN(Cc2ccccc2)CC1. The number of carboxylic acid groups (broad SMARTS) is 1. The molecule has 2 aromatic carbocycles. The molecule has 0 radical (unpaired) electrons. The van der Waals surface area contributed by atoms with Gasteiger partial charge in [0, 0.05) is 43.7 Å². The van der Waals surface area contributed by atoms with Gasteiger partial charge in [0.1, 0.15) is 6.10 Å². The average molecular weight is 436 g/mol. The van der Waals surface area contributed by atoms with Gasteiger partial charge in [-0.2, -0.15) is 5.10 Å². The van der Waals surface area contributed by atoms with Gasteiger partial charge in [-0.3, -0.25) is 9.58 Å². The maximum absolute atomic E-state index is 11.4. The zero-order valence-corrected chi connectivity index (χ0v) is 18.3. The molecule has 3 aromatic rings. The first-order chi connectivity index (χ1) is 15.5. The van der Waals surface area contributed by atoms with Crippen LogP contribution in [-0.4, -0.2) is 50.9 Å². The van der Waals surface area contributed by atoms with Crippen LogP contribution in [-0.2, 0) is 27.4 Å². The molecule has 1 aromatic heterocycles. The second kappa shape index (κ2) is 11.8. The van der Waals surface area contributed by atoms with E-state index in [2.05, 4.69) is 41.2 Å². The molecule has 0 spiro atoms. The van der Waals surface area contributed by atoms with Crippen molar-refractivity contribution in [1.29, 1.82) is 0 Å². The van der Waals surface area contributed by atoms with E-state index in [1.807, 2.05) is 41.2 Å². The molecule has 7 heteroatoms. The fourth-order valence-corrected chi connectivity index (χ4v) is 3.65. The largest absolute Gasteiger partial charge is 0.478 e. The molecule has 0 bridgehead atoms. The molecular formula is C25H29N3O4. The highest BCUT2D eigenvalue weighted by Gasteiger charge is 2.21. The third kappa shape index (κ3) is 7.06. The number of para-hydroxylation sites is 1. The summed E-state index contributed by atoms with van der Waals surface area (Å²) < 4.78 is 7.22. The Hall–Kier alpha value is -3.45. The van der Waals surface area contributed by atoms with Gasteiger partial charge in [-0.05, 0) is 31.4 Å². The van der Waals surface area contributed by atoms with Crippen LogP contribution in [0.25, 0.3) is 10.9 Å². The highest BCUT2D eigenvalue weighted by Crippen LogP contribution is 2.16. The van der Waals surface area contributed by atoms with Crippen LogP contribution in [0, 0.1) is 0 Å². The molecule has 1 aliphatic rings. The van der Waals surface area contributed by atoms with Crippen molar-refractivity contribution in [2.24, 2.45) is 0 Å². The molecule has 4 rings (SSSR count). The van der Waals surface area contributed by atoms with Crippen molar-refractivity contribution in [3.05, 3.63) is 78.5 Å². The van der Waals surface area contributed by atoms with Crippen LogP contribution < -0.4 is 0 Å². The summed E-state index contributed by atoms with van der Waals surface area (Å²) in [4.78, 5) is 24.0. The molecule has 1 N–H and O–H groups in total. The number of fused-ring (bicyclic) bond motifs is 1. The number of ether oxygens (including phenoxy) is 1. The number of hydrogen-bond donors (Lipinski definition) is 1. The minimum Gasteiger partial charge on any atom is -0.478 e. The number of benzene rings is 2. The standard InChI is InChI=1S/C16H19NO4.C9H10N2/c18-15(19)6-7-16(20)21-14-8-10-17(11-9-14)12-13-4-2-1-3-5-13;1-2-11-9-6-4-3-5-8(9)7-10-11/h1-7,14H,8-12H2,(H,18,19);3-7H,2H2,1H3/b7-6-;. The van der Waals surface area contributed by atoms with Gasteiger partial charge >= 0.3 is 11.9 Å². The maximum Gasteiger partial charge on any atom is 0.331 e. The van der Waals surface area contributed by atoms with Gasteiger partial charge in [0.05, 0.1) is 11.7 Å². The highest BCUT2D eigenvalue weighted by atomic mass is 16.5. The summed E-state index contributed by atoms with van der Waals surface area (Å²) in [6.07, 6.45) is 5.09. The summed E-state index contributed by atoms with van der Waals surface area (Å²) >= 11 is 0. The van der Waals surface area contributed by atoms with E-state index in [1.54, 1.807) is 0 Å². The van der Waals surface area contributed by atoms with Crippen molar-refractivity contribution in [2.75, 3.05) is 13.1 Å². The maximum atomic E-state index is 11.4. The first kappa shape index (κ1) is 23.2. The van der Waals surface area contributed by atoms with Crippen LogP contribution in [0.2, 0.25) is 0 Å². The molecule has 0 aliphatic carbocycles. The lowest BCUT2D eigenvalue weighted by atomic mass is 10.1. The predicted molar refractivity (Wildman–Crippen MR) is 123 cm³/mol. The molecule has 1 fully saturated rings. The summed E-state index contributed by atoms with van der Waals surface area (Å²) in [5.41, 5.74) is 2.49. The Balaban J connectivity index is 0.000000219. The van der Waals surface area contributed by atoms with E-state index in [0.29, 0.717) is 0 Å². The van der Waals surface area contributed by atoms with E-state index in [4.69, 9.17) is 9.84 Å². The van der Waals surface area contributed by atoms with Crippen molar-refractivity contribution in [3.63, 3.8) is 0 Å². The Kier molecular flexibility index (Phi) is 8.57. The van der Waals surface area contributed by atoms with E-state index in [1.165, 1.54) is 16.5 Å². The first-order valence-electron chi connectivity index (χ1n) is 10.8. The number of hydrogen-bond acceptors (Lipinski definition) is 5. The zero-order valence-electron chi connectivity index (χ0n) is 18.3. The first-order valence-corrected chi connectivity index (χ1v) is 10.8. The van der Waals surface area contributed by atoms with Crippen molar-refractivity contribution in [3.8, 4) is 0 Å². The Bertz CT molecular complexity index is 1040. The number of aliphatic carboxylic acids is 1. The minimum atomic E-state index is -1.15. The number of esters is 1. The second-order valence-corrected chi connectivity index (χ2v) is 7.59. The number of piperidine rings is 1. The summed E-state index contributed by atoms with van der Waals surface area (Å²) in [5.74, 6) is -1.73. The Morgan fingerprint density at radius 2 is 1.75 bits per heavy atom. The molecule has 7 nitrogen and oxygen atoms in total. The number of aromatic nitrogens is 2. The van der Waals surface area contributed by atoms with Crippen molar-refractivity contribution in [2.45, 2.75) is 39.0 Å². The Morgan fingerprint density at radius 3 is 2.44 bits per heavy atom. The minimum absolute atomic E-state index is 0.122. The lowest BCUT2D eigenvalue weighted by molar-refractivity contribution is -0.145. The fourth-order valence-electron chi connectivity index (χ4n) is 3.65. The Labute approximate surface area is 187 Å². The molecule has 0 saturated carbocycles. The number of carbonyl (C=O) groups is 2. The lowest BCUT2D eigenvalue weighted by Crippen LogP contribution is -2.37. The van der Waals surface area contributed by atoms with E-state index >= 15 is 0 Å². The number of nitrogens with zero attached hydrogens (tertiary/aromatic N) is 3. The van der Waals surface area contributed by atoms with Crippen LogP contribution >= 0.6 is 0 Å². The van der Waals surface area contributed by atoms with E-state index in [9.17, 15) is 9.59 Å². The van der Waals surface area contributed by atoms with E-state index < -0.39 is 11.9 Å². The van der Waals surface area contributed by atoms with Crippen LogP contribution in [0.1, 0.15) is 25.3 Å². The van der Waals surface area contributed by atoms with Crippen molar-refractivity contribution < 1.29 is 19.4 Å². The smallest absolute Gasteiger partial charge is 0.331 e. The molecule has 2 heterocycles. The highest BCUT2D eigenvalue weighted by molar-refractivity contribution is 5.90. The van der Waals surface area contributed by atoms with Gasteiger partial charge in [-0.25, -0.2) is 9.59 Å². The van der Waals surface area contributed by atoms with E-state index in [-0.39, 0.29) is 6.10 Å². The molecule has 1 saturated heterocycles. The fraction of sp³-hybridized carbons (Fsp3) is 0.320. The van der Waals surface area contributed by atoms with Crippen LogP contribution in [0.4, 0.5) is 0 Å². The number of rotatable bonds is 6. The van der Waals surface area contributed by atoms with Gasteiger partial charge in [-0.15, -0.1) is 0 Å². The molecule has 168 valence electrons. The van der Waals surface area contributed by atoms with Gasteiger partial charge in [-0.1, -0.05) is 48.5 Å². The van der Waals surface area contributed by atoms with Gasteiger partial charge < -0.3 is 9.84 Å². The van der Waals surface area contributed by atoms with Crippen LogP contribution in [0.5, 0.6) is 0 Å². The van der Waals surface area contributed by atoms with Gasteiger partial charge in [0.15, 0.2) is 0 Å². The van der Waals surface area contributed by atoms with Crippen molar-refractivity contribution in [1.82, 2.24) is 14.7 Å². The molecular weight excluding hydrogens is 406 g/mol. The molecule has 0 unspecified atom stereocenters. The van der Waals surface area contributed by atoms with Crippen LogP contribution in [0.15, 0.2) is 72.9 Å². The predicted octanol–water partition coefficient (Wildman–Crippen LogP) is 3.89. The number of carbonyl (C=O) groups excluding carboxylic acids is 1. The number of likely N-dealkylation sites (tertiary alicyclic amines) is 1. The summed E-state index contributed by atoms with van der Waals surface area (Å²) in [6.45, 7) is 5.68. The zero-order chi connectivity index (χ0) is 22.8. The average Bonchev–Trinajstić information content (AvgIpc) is 3.23. The van der Waals surface area contributed by atoms with E-state index in [0.717, 1.165) is 51.2 Å². The van der Waals surface area contributed by atoms with Crippen LogP contribution in [0.3, 0.4) is 0 Å². The summed E-state index contributed by atoms with van der Waals surface area (Å²) in [7, 11) is 0. The third-order valence-corrected chi connectivity index (χ3v) is 5.28. The van der Waals surface area contributed by atoms with Gasteiger partial charge in [0.25, 0.3) is 0 Å². The molecule has 0 amide bonds.